The van der Waals surface area contributed by atoms with Crippen LogP contribution in [-0.4, -0.2) is 4.98 Å². The fraction of sp³-hybridized carbons (Fsp3) is 0.154. The molecule has 0 aliphatic rings. The third-order valence-corrected chi connectivity index (χ3v) is 4.74. The Morgan fingerprint density at radius 1 is 1.24 bits per heavy atom. The van der Waals surface area contributed by atoms with E-state index < -0.39 is 0 Å². The number of fused-ring (bicyclic) bond motifs is 1. The van der Waals surface area contributed by atoms with E-state index in [4.69, 9.17) is 5.73 Å². The van der Waals surface area contributed by atoms with Gasteiger partial charge in [-0.2, -0.15) is 0 Å². The Bertz CT molecular complexity index is 613. The summed E-state index contributed by atoms with van der Waals surface area (Å²) in [7, 11) is 0. The van der Waals surface area contributed by atoms with Crippen LogP contribution in [0.4, 0.5) is 0 Å². The molecule has 0 saturated carbocycles. The summed E-state index contributed by atoms with van der Waals surface area (Å²) in [4.78, 5) is 5.23. The summed E-state index contributed by atoms with van der Waals surface area (Å²) in [6.45, 7) is 0. The molecule has 0 fully saturated rings. The van der Waals surface area contributed by atoms with Crippen LogP contribution < -0.4 is 5.73 Å². The Morgan fingerprint density at radius 2 is 2.12 bits per heavy atom. The van der Waals surface area contributed by atoms with Crippen molar-refractivity contribution in [2.45, 2.75) is 12.5 Å². The molecule has 0 amide bonds. The summed E-state index contributed by atoms with van der Waals surface area (Å²) in [5.74, 6) is 0. The summed E-state index contributed by atoms with van der Waals surface area (Å²) in [6.07, 6.45) is 2.75. The molecule has 2 N–H and O–H groups in total. The number of rotatable bonds is 3. The van der Waals surface area contributed by atoms with Crippen LogP contribution in [0.15, 0.2) is 41.4 Å². The van der Waals surface area contributed by atoms with Gasteiger partial charge < -0.3 is 5.73 Å². The molecule has 17 heavy (non-hydrogen) atoms. The molecule has 4 heteroatoms. The number of thiophene rings is 1. The lowest BCUT2D eigenvalue weighted by molar-refractivity contribution is 0.739. The predicted molar refractivity (Wildman–Crippen MR) is 74.6 cm³/mol. The van der Waals surface area contributed by atoms with E-state index in [1.165, 1.54) is 15.6 Å². The molecule has 0 radical (unpaired) electrons. The first-order chi connectivity index (χ1) is 8.34. The van der Waals surface area contributed by atoms with Gasteiger partial charge in [0.15, 0.2) is 0 Å². The van der Waals surface area contributed by atoms with Crippen molar-refractivity contribution in [2.75, 3.05) is 0 Å². The molecular weight excluding hydrogens is 248 g/mol. The standard InChI is InChI=1S/C13H12N2S2/c14-11(13-6-15-8-17-13)5-9-7-16-12-4-2-1-3-10(9)12/h1-4,6-8,11H,5,14H2. The summed E-state index contributed by atoms with van der Waals surface area (Å²) < 4.78 is 1.33. The second-order valence-corrected chi connectivity index (χ2v) is 5.80. The Balaban J connectivity index is 1.90. The predicted octanol–water partition coefficient (Wildman–Crippen LogP) is 3.60. The van der Waals surface area contributed by atoms with E-state index in [1.54, 1.807) is 22.7 Å². The van der Waals surface area contributed by atoms with Gasteiger partial charge in [0.2, 0.25) is 0 Å². The zero-order chi connectivity index (χ0) is 11.7. The summed E-state index contributed by atoms with van der Waals surface area (Å²) in [5.41, 5.74) is 9.37. The van der Waals surface area contributed by atoms with Gasteiger partial charge in [-0.25, -0.2) is 0 Å². The number of hydrogen-bond donors (Lipinski definition) is 1. The number of thiazole rings is 1. The summed E-state index contributed by atoms with van der Waals surface area (Å²) in [6, 6.07) is 8.53. The van der Waals surface area contributed by atoms with Crippen LogP contribution in [0.2, 0.25) is 0 Å². The van der Waals surface area contributed by atoms with Crippen LogP contribution in [0.1, 0.15) is 16.5 Å². The van der Waals surface area contributed by atoms with Gasteiger partial charge in [0.1, 0.15) is 0 Å². The average Bonchev–Trinajstić information content (AvgIpc) is 2.98. The number of hydrogen-bond acceptors (Lipinski definition) is 4. The molecule has 2 heterocycles. The molecule has 0 saturated heterocycles. The molecule has 3 aromatic rings. The molecule has 0 spiro atoms. The van der Waals surface area contributed by atoms with Crippen LogP contribution in [0.5, 0.6) is 0 Å². The lowest BCUT2D eigenvalue weighted by Gasteiger charge is -2.07. The molecule has 2 nitrogen and oxygen atoms in total. The molecule has 3 rings (SSSR count). The van der Waals surface area contributed by atoms with Crippen LogP contribution in [0.25, 0.3) is 10.1 Å². The Hall–Kier alpha value is -1.23. The number of nitrogens with two attached hydrogens (primary N) is 1. The molecule has 1 atom stereocenters. The maximum absolute atomic E-state index is 6.20. The van der Waals surface area contributed by atoms with Crippen LogP contribution in [0, 0.1) is 0 Å². The van der Waals surface area contributed by atoms with Crippen LogP contribution in [-0.2, 0) is 6.42 Å². The van der Waals surface area contributed by atoms with Crippen molar-refractivity contribution in [3.63, 3.8) is 0 Å². The van der Waals surface area contributed by atoms with Gasteiger partial charge in [-0.15, -0.1) is 22.7 Å². The van der Waals surface area contributed by atoms with Gasteiger partial charge in [-0.1, -0.05) is 18.2 Å². The molecule has 0 aliphatic heterocycles. The van der Waals surface area contributed by atoms with Crippen LogP contribution >= 0.6 is 22.7 Å². The fourth-order valence-corrected chi connectivity index (χ4v) is 3.54. The highest BCUT2D eigenvalue weighted by Crippen LogP contribution is 2.29. The second kappa shape index (κ2) is 4.56. The van der Waals surface area contributed by atoms with E-state index >= 15 is 0 Å². The number of nitrogens with zero attached hydrogens (tertiary/aromatic N) is 1. The first-order valence-electron chi connectivity index (χ1n) is 5.43. The smallest absolute Gasteiger partial charge is 0.0794 e. The third kappa shape index (κ3) is 2.11. The molecule has 1 unspecified atom stereocenters. The molecule has 0 bridgehead atoms. The third-order valence-electron chi connectivity index (χ3n) is 2.82. The minimum atomic E-state index is 0.0560. The molecule has 1 aromatic carbocycles. The van der Waals surface area contributed by atoms with Gasteiger partial charge in [0, 0.05) is 21.8 Å². The zero-order valence-electron chi connectivity index (χ0n) is 9.17. The maximum atomic E-state index is 6.20. The van der Waals surface area contributed by atoms with Gasteiger partial charge >= 0.3 is 0 Å². The first-order valence-corrected chi connectivity index (χ1v) is 7.19. The lowest BCUT2D eigenvalue weighted by atomic mass is 10.1. The lowest BCUT2D eigenvalue weighted by Crippen LogP contribution is -2.11. The van der Waals surface area contributed by atoms with E-state index in [-0.39, 0.29) is 6.04 Å². The van der Waals surface area contributed by atoms with Gasteiger partial charge in [-0.3, -0.25) is 4.98 Å². The fourth-order valence-electron chi connectivity index (χ4n) is 1.94. The number of aromatic nitrogens is 1. The van der Waals surface area contributed by atoms with E-state index in [1.807, 2.05) is 11.7 Å². The summed E-state index contributed by atoms with van der Waals surface area (Å²) >= 11 is 3.41. The van der Waals surface area contributed by atoms with Crippen molar-refractivity contribution in [2.24, 2.45) is 5.73 Å². The largest absolute Gasteiger partial charge is 0.323 e. The highest BCUT2D eigenvalue weighted by Gasteiger charge is 2.11. The highest BCUT2D eigenvalue weighted by molar-refractivity contribution is 7.17. The van der Waals surface area contributed by atoms with E-state index in [0.717, 1.165) is 11.3 Å². The Morgan fingerprint density at radius 3 is 2.94 bits per heavy atom. The van der Waals surface area contributed by atoms with Crippen molar-refractivity contribution in [1.29, 1.82) is 0 Å². The molecule has 0 aliphatic carbocycles. The van der Waals surface area contributed by atoms with Crippen molar-refractivity contribution < 1.29 is 0 Å². The van der Waals surface area contributed by atoms with Gasteiger partial charge in [0.25, 0.3) is 0 Å². The highest BCUT2D eigenvalue weighted by atomic mass is 32.1. The topological polar surface area (TPSA) is 38.9 Å². The maximum Gasteiger partial charge on any atom is 0.0794 e. The minimum absolute atomic E-state index is 0.0560. The molecule has 86 valence electrons. The minimum Gasteiger partial charge on any atom is -0.323 e. The SMILES string of the molecule is NC(Cc1csc2ccccc12)c1cncs1. The average molecular weight is 260 g/mol. The second-order valence-electron chi connectivity index (χ2n) is 3.97. The van der Waals surface area contributed by atoms with Crippen molar-refractivity contribution >= 4 is 32.8 Å². The molecule has 2 aromatic heterocycles. The Labute approximate surface area is 108 Å². The van der Waals surface area contributed by atoms with Crippen LogP contribution in [0.3, 0.4) is 0 Å². The normalized spacial score (nSPS) is 13.0. The van der Waals surface area contributed by atoms with Crippen molar-refractivity contribution in [3.05, 3.63) is 51.8 Å². The monoisotopic (exact) mass is 260 g/mol. The van der Waals surface area contributed by atoms with Crippen molar-refractivity contribution in [3.8, 4) is 0 Å². The van der Waals surface area contributed by atoms with Gasteiger partial charge in [-0.05, 0) is 28.8 Å². The van der Waals surface area contributed by atoms with Crippen molar-refractivity contribution in [1.82, 2.24) is 4.98 Å². The van der Waals surface area contributed by atoms with E-state index in [9.17, 15) is 0 Å². The Kier molecular flexibility index (Phi) is 2.93. The summed E-state index contributed by atoms with van der Waals surface area (Å²) in [5, 5.41) is 3.54. The number of benzene rings is 1. The van der Waals surface area contributed by atoms with E-state index in [2.05, 4.69) is 34.6 Å². The molecular formula is C13H12N2S2. The quantitative estimate of drug-likeness (QED) is 0.781. The zero-order valence-corrected chi connectivity index (χ0v) is 10.8. The first kappa shape index (κ1) is 10.9. The van der Waals surface area contributed by atoms with Gasteiger partial charge in [0.05, 0.1) is 5.51 Å². The van der Waals surface area contributed by atoms with E-state index in [0.29, 0.717) is 0 Å².